The van der Waals surface area contributed by atoms with Crippen LogP contribution >= 0.6 is 11.6 Å². The summed E-state index contributed by atoms with van der Waals surface area (Å²) in [6.07, 6.45) is -8.80. The van der Waals surface area contributed by atoms with Gasteiger partial charge >= 0.3 is 18.3 Å². The molecule has 1 aliphatic rings. The molecule has 1 heterocycles. The maximum absolute atomic E-state index is 13.0. The van der Waals surface area contributed by atoms with E-state index in [9.17, 15) is 31.1 Å². The van der Waals surface area contributed by atoms with Crippen molar-refractivity contribution in [3.63, 3.8) is 0 Å². The molecule has 1 saturated heterocycles. The number of carbonyl (C=O) groups is 1. The van der Waals surface area contributed by atoms with Crippen LogP contribution in [0.2, 0.25) is 5.02 Å². The summed E-state index contributed by atoms with van der Waals surface area (Å²) in [4.78, 5) is 13.0. The third-order valence-corrected chi connectivity index (χ3v) is 5.79. The van der Waals surface area contributed by atoms with Crippen LogP contribution in [0.4, 0.5) is 26.3 Å². The summed E-state index contributed by atoms with van der Waals surface area (Å²) < 4.78 is 93.1. The minimum absolute atomic E-state index is 0.0237. The predicted molar refractivity (Wildman–Crippen MR) is 112 cm³/mol. The molecule has 0 bridgehead atoms. The number of benzene rings is 2. The van der Waals surface area contributed by atoms with Crippen LogP contribution in [-0.2, 0) is 25.9 Å². The molecule has 0 atom stereocenters. The highest BCUT2D eigenvalue weighted by atomic mass is 35.5. The van der Waals surface area contributed by atoms with E-state index in [0.717, 1.165) is 24.3 Å². The fraction of sp³-hybridized carbons (Fsp3) is 0.435. The van der Waals surface area contributed by atoms with Crippen molar-refractivity contribution in [3.05, 3.63) is 52.5 Å². The predicted octanol–water partition coefficient (Wildman–Crippen LogP) is 6.58. The van der Waals surface area contributed by atoms with Crippen molar-refractivity contribution in [2.45, 2.75) is 37.5 Å². The number of rotatable bonds is 6. The van der Waals surface area contributed by atoms with E-state index in [4.69, 9.17) is 25.8 Å². The monoisotopic (exact) mass is 510 g/mol. The largest absolute Gasteiger partial charge is 0.482 e. The summed E-state index contributed by atoms with van der Waals surface area (Å²) in [5, 5.41) is -0.216. The van der Waals surface area contributed by atoms with Crippen LogP contribution in [0.1, 0.15) is 30.9 Å². The molecule has 0 aliphatic carbocycles. The highest BCUT2D eigenvalue weighted by Crippen LogP contribution is 2.45. The first kappa shape index (κ1) is 26.2. The molecule has 0 aromatic heterocycles. The third kappa shape index (κ3) is 5.78. The fourth-order valence-electron chi connectivity index (χ4n) is 3.82. The van der Waals surface area contributed by atoms with Gasteiger partial charge < -0.3 is 14.2 Å². The van der Waals surface area contributed by atoms with Gasteiger partial charge in [-0.05, 0) is 55.2 Å². The van der Waals surface area contributed by atoms with Gasteiger partial charge in [0.25, 0.3) is 0 Å². The van der Waals surface area contributed by atoms with Gasteiger partial charge in [0.1, 0.15) is 5.75 Å². The molecule has 0 N–H and O–H groups in total. The highest BCUT2D eigenvalue weighted by Gasteiger charge is 2.44. The Bertz CT molecular complexity index is 1010. The lowest BCUT2D eigenvalue weighted by Crippen LogP contribution is -2.42. The van der Waals surface area contributed by atoms with Crippen LogP contribution in [0.25, 0.3) is 11.1 Å². The van der Waals surface area contributed by atoms with Crippen molar-refractivity contribution in [2.24, 2.45) is 0 Å². The maximum atomic E-state index is 13.0. The molecule has 34 heavy (non-hydrogen) atoms. The molecule has 4 nitrogen and oxygen atoms in total. The first-order valence-electron chi connectivity index (χ1n) is 10.3. The zero-order valence-corrected chi connectivity index (χ0v) is 18.7. The molecular formula is C23H21ClF6O4. The van der Waals surface area contributed by atoms with Crippen LogP contribution in [0.3, 0.4) is 0 Å². The van der Waals surface area contributed by atoms with Crippen molar-refractivity contribution < 1.29 is 45.3 Å². The number of alkyl halides is 6. The molecule has 2 aromatic carbocycles. The Hall–Kier alpha value is -2.46. The lowest BCUT2D eigenvalue weighted by Gasteiger charge is -2.36. The van der Waals surface area contributed by atoms with Crippen molar-refractivity contribution in [3.8, 4) is 16.9 Å². The van der Waals surface area contributed by atoms with E-state index < -0.39 is 35.9 Å². The van der Waals surface area contributed by atoms with Crippen LogP contribution in [-0.4, -0.2) is 38.6 Å². The molecular weight excluding hydrogens is 490 g/mol. The average Bonchev–Trinajstić information content (AvgIpc) is 2.77. The summed E-state index contributed by atoms with van der Waals surface area (Å²) in [6.45, 7) is 0.556. The highest BCUT2D eigenvalue weighted by molar-refractivity contribution is 6.32. The second kappa shape index (κ2) is 10.0. The molecule has 1 fully saturated rings. The molecule has 1 aliphatic heterocycles. The Morgan fingerprint density at radius 1 is 1.06 bits per heavy atom. The topological polar surface area (TPSA) is 44.8 Å². The van der Waals surface area contributed by atoms with Crippen molar-refractivity contribution >= 4 is 17.6 Å². The van der Waals surface area contributed by atoms with Crippen LogP contribution in [0.15, 0.2) is 36.4 Å². The molecule has 11 heteroatoms. The summed E-state index contributed by atoms with van der Waals surface area (Å²) in [5.41, 5.74) is -1.59. The van der Waals surface area contributed by atoms with E-state index in [-0.39, 0.29) is 54.6 Å². The lowest BCUT2D eigenvalue weighted by atomic mass is 9.73. The van der Waals surface area contributed by atoms with Crippen molar-refractivity contribution in [1.29, 1.82) is 0 Å². The van der Waals surface area contributed by atoms with E-state index in [0.29, 0.717) is 5.56 Å². The Morgan fingerprint density at radius 3 is 2.21 bits per heavy atom. The van der Waals surface area contributed by atoms with E-state index in [2.05, 4.69) is 0 Å². The molecule has 0 unspecified atom stereocenters. The molecule has 186 valence electrons. The molecule has 3 rings (SSSR count). The lowest BCUT2D eigenvalue weighted by molar-refractivity contribution is -0.154. The maximum Gasteiger partial charge on any atom is 0.422 e. The summed E-state index contributed by atoms with van der Waals surface area (Å²) in [6, 6.07) is 6.59. The van der Waals surface area contributed by atoms with Gasteiger partial charge in [-0.3, -0.25) is 4.79 Å². The number of carbonyl (C=O) groups excluding carboxylic acids is 1. The van der Waals surface area contributed by atoms with Gasteiger partial charge in [0.2, 0.25) is 0 Å². The molecule has 0 spiro atoms. The second-order valence-electron chi connectivity index (χ2n) is 7.73. The number of hydrogen-bond donors (Lipinski definition) is 0. The normalized spacial score (nSPS) is 16.2. The zero-order chi connectivity index (χ0) is 25.1. The fourth-order valence-corrected chi connectivity index (χ4v) is 4.10. The Kier molecular flexibility index (Phi) is 7.72. The first-order valence-corrected chi connectivity index (χ1v) is 10.7. The minimum atomic E-state index is -4.67. The van der Waals surface area contributed by atoms with E-state index in [1.54, 1.807) is 6.92 Å². The first-order chi connectivity index (χ1) is 15.9. The number of esters is 1. The van der Waals surface area contributed by atoms with Gasteiger partial charge in [0, 0.05) is 18.8 Å². The Balaban J connectivity index is 2.17. The zero-order valence-electron chi connectivity index (χ0n) is 18.0. The number of halogens is 7. The van der Waals surface area contributed by atoms with Gasteiger partial charge in [-0.1, -0.05) is 23.7 Å². The van der Waals surface area contributed by atoms with Crippen LogP contribution in [0.5, 0.6) is 5.75 Å². The van der Waals surface area contributed by atoms with Gasteiger partial charge in [0.05, 0.1) is 22.6 Å². The standard InChI is InChI=1S/C23H21ClF6O4/c1-2-33-20(31)21(7-9-32-10-8-21)16-11-17(14-3-5-15(6-4-14)23(28,29)30)19(18(24)12-16)34-13-22(25,26)27/h3-6,11-12H,2,7-10,13H2,1H3. The molecule has 0 amide bonds. The van der Waals surface area contributed by atoms with Gasteiger partial charge in [0.15, 0.2) is 6.61 Å². The van der Waals surface area contributed by atoms with Crippen LogP contribution in [0, 0.1) is 0 Å². The molecule has 0 saturated carbocycles. The third-order valence-electron chi connectivity index (χ3n) is 5.51. The van der Waals surface area contributed by atoms with E-state index in [1.165, 1.54) is 12.1 Å². The SMILES string of the molecule is CCOC(=O)C1(c2cc(Cl)c(OCC(F)(F)F)c(-c3ccc(C(F)(F)F)cc3)c2)CCOCC1. The smallest absolute Gasteiger partial charge is 0.422 e. The second-order valence-corrected chi connectivity index (χ2v) is 8.14. The molecule has 0 radical (unpaired) electrons. The average molecular weight is 511 g/mol. The number of hydrogen-bond acceptors (Lipinski definition) is 4. The number of ether oxygens (including phenoxy) is 3. The van der Waals surface area contributed by atoms with Gasteiger partial charge in [-0.25, -0.2) is 0 Å². The van der Waals surface area contributed by atoms with Gasteiger partial charge in [-0.2, -0.15) is 26.3 Å². The summed E-state index contributed by atoms with van der Waals surface area (Å²) in [5.74, 6) is -0.898. The summed E-state index contributed by atoms with van der Waals surface area (Å²) in [7, 11) is 0. The Labute approximate surface area is 196 Å². The Morgan fingerprint density at radius 2 is 1.68 bits per heavy atom. The molecule has 2 aromatic rings. The summed E-state index contributed by atoms with van der Waals surface area (Å²) >= 11 is 6.32. The van der Waals surface area contributed by atoms with Crippen molar-refractivity contribution in [2.75, 3.05) is 26.4 Å². The minimum Gasteiger partial charge on any atom is -0.482 e. The van der Waals surface area contributed by atoms with Crippen LogP contribution < -0.4 is 4.74 Å². The quantitative estimate of drug-likeness (QED) is 0.325. The van der Waals surface area contributed by atoms with E-state index in [1.807, 2.05) is 0 Å². The van der Waals surface area contributed by atoms with Crippen molar-refractivity contribution in [1.82, 2.24) is 0 Å². The van der Waals surface area contributed by atoms with Gasteiger partial charge in [-0.15, -0.1) is 0 Å². The van der Waals surface area contributed by atoms with E-state index >= 15 is 0 Å².